The van der Waals surface area contributed by atoms with Gasteiger partial charge in [-0.05, 0) is 70.0 Å². The van der Waals surface area contributed by atoms with Crippen molar-refractivity contribution in [3.05, 3.63) is 47.0 Å². The maximum Gasteiger partial charge on any atom is 0.115 e. The molecule has 0 aromatic rings. The van der Waals surface area contributed by atoms with E-state index in [4.69, 9.17) is 0 Å². The number of hydrogen-bond donors (Lipinski definition) is 4. The zero-order valence-corrected chi connectivity index (χ0v) is 24.4. The van der Waals surface area contributed by atoms with E-state index in [1.54, 1.807) is 24.3 Å². The molecular formula is C31H52O4. The molecule has 0 aromatic heterocycles. The molecule has 0 bridgehead atoms. The second kappa shape index (κ2) is 8.80. The van der Waals surface area contributed by atoms with Crippen LogP contribution in [-0.2, 0) is 0 Å². The lowest BCUT2D eigenvalue weighted by Crippen LogP contribution is -2.58. The molecule has 0 fully saturated rings. The fourth-order valence-corrected chi connectivity index (χ4v) is 6.64. The van der Waals surface area contributed by atoms with Crippen LogP contribution in [0.2, 0.25) is 0 Å². The van der Waals surface area contributed by atoms with Crippen molar-refractivity contribution in [2.75, 3.05) is 0 Å². The molecule has 200 valence electrons. The SMILES string of the molecule is CC(C)(C)CC(C)(C)C1=CC(O)(C(C)(C)C2(O)C=C(C(C)(C)CC(C)(C)C)C(O)=CC2)CC=C1O. The van der Waals surface area contributed by atoms with Crippen molar-refractivity contribution < 1.29 is 20.4 Å². The molecule has 4 N–H and O–H groups in total. The monoisotopic (exact) mass is 488 g/mol. The fourth-order valence-electron chi connectivity index (χ4n) is 6.64. The molecule has 0 aromatic carbocycles. The number of hydrogen-bond acceptors (Lipinski definition) is 4. The van der Waals surface area contributed by atoms with E-state index in [0.29, 0.717) is 11.1 Å². The molecule has 0 aliphatic heterocycles. The predicted octanol–water partition coefficient (Wildman–Crippen LogP) is 7.94. The largest absolute Gasteiger partial charge is 0.508 e. The van der Waals surface area contributed by atoms with Gasteiger partial charge in [-0.1, -0.05) is 83.1 Å². The van der Waals surface area contributed by atoms with E-state index >= 15 is 0 Å². The highest BCUT2D eigenvalue weighted by atomic mass is 16.3. The van der Waals surface area contributed by atoms with Gasteiger partial charge in [0.1, 0.15) is 11.5 Å². The summed E-state index contributed by atoms with van der Waals surface area (Å²) < 4.78 is 0. The quantitative estimate of drug-likeness (QED) is 0.306. The van der Waals surface area contributed by atoms with E-state index in [0.717, 1.165) is 12.8 Å². The van der Waals surface area contributed by atoms with Gasteiger partial charge < -0.3 is 20.4 Å². The summed E-state index contributed by atoms with van der Waals surface area (Å²) in [4.78, 5) is 0. The average Bonchev–Trinajstić information content (AvgIpc) is 2.61. The minimum atomic E-state index is -1.39. The number of aliphatic hydroxyl groups is 4. The first kappa shape index (κ1) is 29.7. The van der Waals surface area contributed by atoms with Crippen LogP contribution in [0.3, 0.4) is 0 Å². The Morgan fingerprint density at radius 1 is 0.600 bits per heavy atom. The Bertz CT molecular complexity index is 867. The molecule has 2 unspecified atom stereocenters. The summed E-state index contributed by atoms with van der Waals surface area (Å²) in [6, 6.07) is 0. The van der Waals surface area contributed by atoms with Crippen molar-refractivity contribution in [3.63, 3.8) is 0 Å². The van der Waals surface area contributed by atoms with Crippen LogP contribution in [-0.4, -0.2) is 31.6 Å². The van der Waals surface area contributed by atoms with Crippen LogP contribution in [0.4, 0.5) is 0 Å². The van der Waals surface area contributed by atoms with Crippen molar-refractivity contribution >= 4 is 0 Å². The van der Waals surface area contributed by atoms with Gasteiger partial charge in [0, 0.05) is 18.3 Å². The van der Waals surface area contributed by atoms with Crippen molar-refractivity contribution in [3.8, 4) is 0 Å². The summed E-state index contributed by atoms with van der Waals surface area (Å²) in [7, 11) is 0. The molecule has 0 heterocycles. The average molecular weight is 489 g/mol. The van der Waals surface area contributed by atoms with Gasteiger partial charge >= 0.3 is 0 Å². The molecular weight excluding hydrogens is 436 g/mol. The van der Waals surface area contributed by atoms with E-state index in [9.17, 15) is 20.4 Å². The third-order valence-corrected chi connectivity index (χ3v) is 8.10. The van der Waals surface area contributed by atoms with Gasteiger partial charge in [0.05, 0.1) is 11.2 Å². The first-order valence-electron chi connectivity index (χ1n) is 13.1. The highest BCUT2D eigenvalue weighted by molar-refractivity contribution is 5.43. The van der Waals surface area contributed by atoms with Crippen LogP contribution in [0.1, 0.15) is 109 Å². The Labute approximate surface area is 214 Å². The van der Waals surface area contributed by atoms with Crippen LogP contribution in [0.5, 0.6) is 0 Å². The number of aliphatic hydroxyl groups excluding tert-OH is 2. The van der Waals surface area contributed by atoms with Crippen molar-refractivity contribution in [2.45, 2.75) is 120 Å². The van der Waals surface area contributed by atoms with Gasteiger partial charge in [-0.25, -0.2) is 0 Å². The lowest BCUT2D eigenvalue weighted by molar-refractivity contribution is -0.135. The molecule has 0 saturated carbocycles. The molecule has 2 aliphatic rings. The highest BCUT2D eigenvalue weighted by Gasteiger charge is 2.56. The van der Waals surface area contributed by atoms with Crippen LogP contribution < -0.4 is 0 Å². The maximum absolute atomic E-state index is 12.1. The number of rotatable bonds is 6. The van der Waals surface area contributed by atoms with Gasteiger partial charge in [-0.3, -0.25) is 0 Å². The molecule has 2 rings (SSSR count). The highest BCUT2D eigenvalue weighted by Crippen LogP contribution is 2.54. The molecule has 4 nitrogen and oxygen atoms in total. The first-order valence-corrected chi connectivity index (χ1v) is 13.1. The topological polar surface area (TPSA) is 80.9 Å². The van der Waals surface area contributed by atoms with Crippen LogP contribution >= 0.6 is 0 Å². The summed E-state index contributed by atoms with van der Waals surface area (Å²) >= 11 is 0. The fraction of sp³-hybridized carbons (Fsp3) is 0.742. The van der Waals surface area contributed by atoms with Gasteiger partial charge in [0.25, 0.3) is 0 Å². The Morgan fingerprint density at radius 3 is 1.14 bits per heavy atom. The van der Waals surface area contributed by atoms with Crippen LogP contribution in [0, 0.1) is 27.1 Å². The molecule has 0 amide bonds. The van der Waals surface area contributed by atoms with Gasteiger partial charge in [0.15, 0.2) is 0 Å². The summed E-state index contributed by atoms with van der Waals surface area (Å²) in [5.74, 6) is 0.408. The predicted molar refractivity (Wildman–Crippen MR) is 146 cm³/mol. The maximum atomic E-state index is 12.1. The molecule has 0 spiro atoms. The molecule has 2 aliphatic carbocycles. The van der Waals surface area contributed by atoms with Gasteiger partial charge in [-0.15, -0.1) is 0 Å². The lowest BCUT2D eigenvalue weighted by atomic mass is 9.56. The Morgan fingerprint density at radius 2 is 0.886 bits per heavy atom. The minimum absolute atomic E-state index is 0.0376. The lowest BCUT2D eigenvalue weighted by Gasteiger charge is -2.53. The molecule has 2 atom stereocenters. The second-order valence-electron chi connectivity index (χ2n) is 15.4. The van der Waals surface area contributed by atoms with E-state index in [1.165, 1.54) is 0 Å². The van der Waals surface area contributed by atoms with Crippen molar-refractivity contribution in [1.82, 2.24) is 0 Å². The summed E-state index contributed by atoms with van der Waals surface area (Å²) in [6.07, 6.45) is 9.01. The van der Waals surface area contributed by atoms with Crippen LogP contribution in [0.25, 0.3) is 0 Å². The Hall–Kier alpha value is -1.52. The standard InChI is InChI=1S/C31H52O4/c1-25(2,3)19-27(7,8)21-17-30(34,15-13-23(21)32)29(11,12)31(35)16-14-24(33)22(18-31)28(9,10)20-26(4,5)6/h13-14,17-18,32-35H,15-16,19-20H2,1-12H3. The summed E-state index contributed by atoms with van der Waals surface area (Å²) in [6.45, 7) is 25.2. The van der Waals surface area contributed by atoms with E-state index in [-0.39, 0.29) is 46.0 Å². The zero-order valence-electron chi connectivity index (χ0n) is 24.4. The normalized spacial score (nSPS) is 27.1. The molecule has 35 heavy (non-hydrogen) atoms. The van der Waals surface area contributed by atoms with Crippen LogP contribution in [0.15, 0.2) is 47.0 Å². The number of allylic oxidation sites excluding steroid dienone is 2. The van der Waals surface area contributed by atoms with Crippen molar-refractivity contribution in [1.29, 1.82) is 0 Å². The third kappa shape index (κ3) is 6.07. The van der Waals surface area contributed by atoms with E-state index in [2.05, 4.69) is 69.2 Å². The van der Waals surface area contributed by atoms with Gasteiger partial charge in [-0.2, -0.15) is 0 Å². The Kier molecular flexibility index (Phi) is 7.47. The van der Waals surface area contributed by atoms with Gasteiger partial charge in [0.2, 0.25) is 0 Å². The Balaban J connectivity index is 2.59. The molecule has 0 radical (unpaired) electrons. The summed E-state index contributed by atoms with van der Waals surface area (Å²) in [5.41, 5.74) is -3.04. The molecule has 0 saturated heterocycles. The van der Waals surface area contributed by atoms with E-state index < -0.39 is 16.6 Å². The zero-order chi connectivity index (χ0) is 27.5. The third-order valence-electron chi connectivity index (χ3n) is 8.10. The second-order valence-corrected chi connectivity index (χ2v) is 15.4. The van der Waals surface area contributed by atoms with E-state index in [1.807, 2.05) is 13.8 Å². The minimum Gasteiger partial charge on any atom is -0.508 e. The molecule has 4 heteroatoms. The summed E-state index contributed by atoms with van der Waals surface area (Å²) in [5, 5.41) is 45.9. The smallest absolute Gasteiger partial charge is 0.115 e. The first-order chi connectivity index (χ1) is 15.4. The van der Waals surface area contributed by atoms with Crippen molar-refractivity contribution in [2.24, 2.45) is 27.1 Å².